The zero-order valence-corrected chi connectivity index (χ0v) is 21.8. The number of anilines is 1. The third-order valence-corrected chi connectivity index (χ3v) is 7.39. The van der Waals surface area contributed by atoms with E-state index in [1.165, 1.54) is 0 Å². The molecule has 8 nitrogen and oxygen atoms in total. The van der Waals surface area contributed by atoms with Gasteiger partial charge in [-0.25, -0.2) is 4.98 Å². The summed E-state index contributed by atoms with van der Waals surface area (Å²) >= 11 is 6.67. The Balaban J connectivity index is 0.00000320. The number of carbonyl (C=O) groups is 1. The van der Waals surface area contributed by atoms with E-state index in [0.717, 1.165) is 30.4 Å². The number of nitrogens with two attached hydrogens (primary N) is 1. The van der Waals surface area contributed by atoms with Gasteiger partial charge in [0.05, 0.1) is 5.69 Å². The van der Waals surface area contributed by atoms with Crippen LogP contribution in [0.2, 0.25) is 5.15 Å². The van der Waals surface area contributed by atoms with Gasteiger partial charge in [-0.2, -0.15) is 0 Å². The Morgan fingerprint density at radius 3 is 2.43 bits per heavy atom. The van der Waals surface area contributed by atoms with E-state index in [2.05, 4.69) is 15.6 Å². The van der Waals surface area contributed by atoms with Crippen molar-refractivity contribution in [1.82, 2.24) is 14.9 Å². The molecule has 0 saturated heterocycles. The minimum atomic E-state index is -0.680. The van der Waals surface area contributed by atoms with E-state index in [9.17, 15) is 9.59 Å². The number of nitrogens with one attached hydrogen (secondary N) is 3. The summed E-state index contributed by atoms with van der Waals surface area (Å²) in [6, 6.07) is 16.7. The number of halogens is 2. The molecule has 37 heavy (non-hydrogen) atoms. The number of fused-ring (bicyclic) bond motifs is 1. The summed E-state index contributed by atoms with van der Waals surface area (Å²) < 4.78 is 1.55. The SMILES string of the molecule is Cl.N=C(N)c1ccc(CNC(=O)[C@@H]2C[C@@H](Cc3ccccc3)c3c(Cl)nc(NC4CCC4)c(=O)n32)cc1. The van der Waals surface area contributed by atoms with Crippen LogP contribution in [0.3, 0.4) is 0 Å². The molecule has 2 heterocycles. The molecule has 1 aliphatic carbocycles. The smallest absolute Gasteiger partial charge is 0.294 e. The third-order valence-electron chi connectivity index (χ3n) is 7.11. The number of benzene rings is 2. The fourth-order valence-electron chi connectivity index (χ4n) is 4.94. The molecule has 0 unspecified atom stereocenters. The molecule has 5 rings (SSSR count). The molecule has 194 valence electrons. The van der Waals surface area contributed by atoms with Crippen molar-refractivity contribution in [3.63, 3.8) is 0 Å². The van der Waals surface area contributed by atoms with Crippen LogP contribution in [-0.2, 0) is 17.8 Å². The molecule has 1 amide bonds. The first-order chi connectivity index (χ1) is 17.4. The van der Waals surface area contributed by atoms with Crippen LogP contribution in [0.25, 0.3) is 0 Å². The van der Waals surface area contributed by atoms with Gasteiger partial charge in [0.1, 0.15) is 11.9 Å². The Morgan fingerprint density at radius 2 is 1.81 bits per heavy atom. The fourth-order valence-corrected chi connectivity index (χ4v) is 5.27. The minimum absolute atomic E-state index is 0. The lowest BCUT2D eigenvalue weighted by Crippen LogP contribution is -2.38. The molecule has 2 aliphatic rings. The molecule has 1 aliphatic heterocycles. The maximum atomic E-state index is 13.5. The molecule has 0 radical (unpaired) electrons. The number of rotatable bonds is 8. The zero-order valence-electron chi connectivity index (χ0n) is 20.2. The molecule has 10 heteroatoms. The van der Waals surface area contributed by atoms with E-state index in [4.69, 9.17) is 22.7 Å². The standard InChI is InChI=1S/C27H29ClN6O2.ClH/c28-23-22-19(13-16-5-2-1-3-6-16)14-21(34(22)27(36)25(33-23)32-20-7-4-8-20)26(35)31-15-17-9-11-18(12-10-17)24(29)30;/h1-3,5-6,9-12,19-21H,4,7-8,13-15H2,(H3,29,30)(H,31,35)(H,32,33);1H/t19-,21+;/m1./s1. The number of hydrogen-bond donors (Lipinski definition) is 4. The maximum Gasteiger partial charge on any atom is 0.294 e. The molecule has 0 bridgehead atoms. The molecule has 1 aromatic heterocycles. The molecule has 0 spiro atoms. The highest BCUT2D eigenvalue weighted by molar-refractivity contribution is 6.30. The number of amides is 1. The second-order valence-corrected chi connectivity index (χ2v) is 9.91. The van der Waals surface area contributed by atoms with Gasteiger partial charge in [-0.1, -0.05) is 66.2 Å². The van der Waals surface area contributed by atoms with Crippen LogP contribution in [0.1, 0.15) is 60.0 Å². The third kappa shape index (κ3) is 5.65. The van der Waals surface area contributed by atoms with Gasteiger partial charge in [0.15, 0.2) is 11.0 Å². The van der Waals surface area contributed by atoms with Crippen LogP contribution in [0, 0.1) is 5.41 Å². The van der Waals surface area contributed by atoms with Crippen LogP contribution in [0.15, 0.2) is 59.4 Å². The second kappa shape index (κ2) is 11.4. The van der Waals surface area contributed by atoms with Gasteiger partial charge in [0.25, 0.3) is 5.56 Å². The van der Waals surface area contributed by atoms with Crippen molar-refractivity contribution < 1.29 is 4.79 Å². The topological polar surface area (TPSA) is 126 Å². The highest BCUT2D eigenvalue weighted by Gasteiger charge is 2.39. The number of carbonyl (C=O) groups excluding carboxylic acids is 1. The summed E-state index contributed by atoms with van der Waals surface area (Å²) in [5.41, 5.74) is 8.45. The Bertz CT molecular complexity index is 1340. The van der Waals surface area contributed by atoms with E-state index >= 15 is 0 Å². The molecule has 3 aromatic rings. The predicted octanol–water partition coefficient (Wildman–Crippen LogP) is 4.15. The van der Waals surface area contributed by atoms with Gasteiger partial charge in [0, 0.05) is 24.1 Å². The summed E-state index contributed by atoms with van der Waals surface area (Å²) in [4.78, 5) is 31.4. The Morgan fingerprint density at radius 1 is 1.11 bits per heavy atom. The highest BCUT2D eigenvalue weighted by atomic mass is 35.5. The molecule has 2 atom stereocenters. The maximum absolute atomic E-state index is 13.5. The van der Waals surface area contributed by atoms with Crippen LogP contribution in [-0.4, -0.2) is 27.3 Å². The summed E-state index contributed by atoms with van der Waals surface area (Å²) in [6.45, 7) is 0.299. The van der Waals surface area contributed by atoms with Gasteiger partial charge < -0.3 is 16.4 Å². The average molecular weight is 541 g/mol. The summed E-state index contributed by atoms with van der Waals surface area (Å²) in [5.74, 6) is -0.134. The largest absolute Gasteiger partial charge is 0.384 e. The highest BCUT2D eigenvalue weighted by Crippen LogP contribution is 2.40. The quantitative estimate of drug-likeness (QED) is 0.252. The lowest BCUT2D eigenvalue weighted by molar-refractivity contribution is -0.124. The summed E-state index contributed by atoms with van der Waals surface area (Å²) in [5, 5.41) is 14.0. The lowest BCUT2D eigenvalue weighted by atomic mass is 9.93. The number of aromatic nitrogens is 2. The van der Waals surface area contributed by atoms with Gasteiger partial charge >= 0.3 is 0 Å². The number of amidine groups is 1. The van der Waals surface area contributed by atoms with E-state index in [1.807, 2.05) is 42.5 Å². The fraction of sp³-hybridized carbons (Fsp3) is 0.333. The first-order valence-electron chi connectivity index (χ1n) is 12.2. The molecule has 1 fully saturated rings. The van der Waals surface area contributed by atoms with Crippen LogP contribution in [0.5, 0.6) is 0 Å². The molecular weight excluding hydrogens is 511 g/mol. The van der Waals surface area contributed by atoms with Gasteiger partial charge in [-0.05, 0) is 43.2 Å². The Kier molecular flexibility index (Phi) is 8.19. The molecule has 2 aromatic carbocycles. The van der Waals surface area contributed by atoms with Crippen molar-refractivity contribution in [1.29, 1.82) is 5.41 Å². The predicted molar refractivity (Wildman–Crippen MR) is 148 cm³/mol. The van der Waals surface area contributed by atoms with E-state index in [-0.39, 0.29) is 52.6 Å². The molecular formula is C27H30Cl2N6O2. The molecule has 5 N–H and O–H groups in total. The zero-order chi connectivity index (χ0) is 25.2. The van der Waals surface area contributed by atoms with Crippen molar-refractivity contribution in [2.75, 3.05) is 5.32 Å². The monoisotopic (exact) mass is 540 g/mol. The van der Waals surface area contributed by atoms with Crippen LogP contribution < -0.4 is 21.9 Å². The summed E-state index contributed by atoms with van der Waals surface area (Å²) in [6.07, 6.45) is 4.23. The van der Waals surface area contributed by atoms with Gasteiger partial charge in [-0.15, -0.1) is 12.4 Å². The van der Waals surface area contributed by atoms with Gasteiger partial charge in [0.2, 0.25) is 5.91 Å². The number of nitrogens with zero attached hydrogens (tertiary/aromatic N) is 2. The lowest BCUT2D eigenvalue weighted by Gasteiger charge is -2.27. The first kappa shape index (κ1) is 26.7. The molecule has 1 saturated carbocycles. The first-order valence-corrected chi connectivity index (χ1v) is 12.6. The van der Waals surface area contributed by atoms with Crippen molar-refractivity contribution in [2.45, 2.75) is 56.7 Å². The normalized spacial score (nSPS) is 18.3. The van der Waals surface area contributed by atoms with Gasteiger partial charge in [-0.3, -0.25) is 19.6 Å². The Hall–Kier alpha value is -3.36. The van der Waals surface area contributed by atoms with Crippen LogP contribution in [0.4, 0.5) is 5.82 Å². The van der Waals surface area contributed by atoms with E-state index in [1.54, 1.807) is 16.7 Å². The van der Waals surface area contributed by atoms with Crippen molar-refractivity contribution in [3.8, 4) is 0 Å². The van der Waals surface area contributed by atoms with Crippen molar-refractivity contribution in [2.24, 2.45) is 5.73 Å². The van der Waals surface area contributed by atoms with Crippen LogP contribution >= 0.6 is 24.0 Å². The van der Waals surface area contributed by atoms with Crippen molar-refractivity contribution in [3.05, 3.63) is 92.5 Å². The minimum Gasteiger partial charge on any atom is -0.384 e. The second-order valence-electron chi connectivity index (χ2n) is 9.55. The van der Waals surface area contributed by atoms with E-state index in [0.29, 0.717) is 30.6 Å². The van der Waals surface area contributed by atoms with E-state index < -0.39 is 6.04 Å². The summed E-state index contributed by atoms with van der Waals surface area (Å²) in [7, 11) is 0. The number of nitrogen functional groups attached to an aromatic ring is 1. The average Bonchev–Trinajstić information content (AvgIpc) is 3.23. The number of hydrogen-bond acceptors (Lipinski definition) is 5. The van der Waals surface area contributed by atoms with Crippen molar-refractivity contribution >= 4 is 41.6 Å². The Labute approximate surface area is 226 Å².